The molecule has 22 heavy (non-hydrogen) atoms. The van der Waals surface area contributed by atoms with Crippen LogP contribution in [0.4, 0.5) is 13.2 Å². The quantitative estimate of drug-likeness (QED) is 0.644. The molecule has 0 fully saturated rings. The highest BCUT2D eigenvalue weighted by molar-refractivity contribution is 6.05. The molecule has 1 heterocycles. The fourth-order valence-electron chi connectivity index (χ4n) is 2.28. The average Bonchev–Trinajstić information content (AvgIpc) is 2.85. The molecule has 0 spiro atoms. The lowest BCUT2D eigenvalue weighted by Gasteiger charge is -2.04. The summed E-state index contributed by atoms with van der Waals surface area (Å²) in [5, 5.41) is 0.971. The van der Waals surface area contributed by atoms with Gasteiger partial charge in [-0.2, -0.15) is 4.39 Å². The molecular weight excluding hydrogens is 293 g/mol. The lowest BCUT2D eigenvalue weighted by Crippen LogP contribution is -1.96. The van der Waals surface area contributed by atoms with Crippen LogP contribution in [0.15, 0.2) is 40.6 Å². The number of allylic oxidation sites excluding steroid dienone is 1. The zero-order chi connectivity index (χ0) is 15.9. The van der Waals surface area contributed by atoms with E-state index >= 15 is 0 Å². The zero-order valence-electron chi connectivity index (χ0n) is 12.0. The summed E-state index contributed by atoms with van der Waals surface area (Å²) in [6.07, 6.45) is 1.19. The molecule has 2 aromatic carbocycles. The van der Waals surface area contributed by atoms with Crippen LogP contribution in [0.3, 0.4) is 0 Å². The van der Waals surface area contributed by atoms with Crippen molar-refractivity contribution in [2.75, 3.05) is 6.61 Å². The Bertz CT molecular complexity index is 890. The molecule has 0 bridgehead atoms. The van der Waals surface area contributed by atoms with E-state index in [4.69, 9.17) is 9.15 Å². The van der Waals surface area contributed by atoms with Gasteiger partial charge in [0.1, 0.15) is 6.61 Å². The fraction of sp³-hybridized carbons (Fsp3) is 0.176. The van der Waals surface area contributed by atoms with E-state index in [9.17, 15) is 13.2 Å². The Kier molecular flexibility index (Phi) is 3.56. The number of rotatable bonds is 3. The Hall–Kier alpha value is -2.43. The molecule has 0 N–H and O–H groups in total. The van der Waals surface area contributed by atoms with E-state index in [0.717, 1.165) is 0 Å². The minimum atomic E-state index is -0.726. The van der Waals surface area contributed by atoms with Crippen molar-refractivity contribution in [1.29, 1.82) is 0 Å². The lowest BCUT2D eigenvalue weighted by atomic mass is 10.1. The van der Waals surface area contributed by atoms with Crippen LogP contribution in [-0.2, 0) is 0 Å². The number of hydrogen-bond donors (Lipinski definition) is 0. The molecule has 3 aromatic rings. The molecule has 2 nitrogen and oxygen atoms in total. The predicted octanol–water partition coefficient (Wildman–Crippen LogP) is 5.42. The van der Waals surface area contributed by atoms with Crippen LogP contribution in [0, 0.1) is 18.6 Å². The van der Waals surface area contributed by atoms with Gasteiger partial charge in [-0.25, -0.2) is 8.78 Å². The molecule has 0 aliphatic heterocycles. The van der Waals surface area contributed by atoms with Gasteiger partial charge >= 0.3 is 0 Å². The molecule has 0 atom stereocenters. The van der Waals surface area contributed by atoms with Crippen molar-refractivity contribution < 1.29 is 22.3 Å². The second-order valence-corrected chi connectivity index (χ2v) is 5.03. The Labute approximate surface area is 124 Å². The smallest absolute Gasteiger partial charge is 0.208 e. The molecule has 0 saturated carbocycles. The van der Waals surface area contributed by atoms with E-state index in [1.165, 1.54) is 19.1 Å². The number of aryl methyl sites for hydroxylation is 1. The summed E-state index contributed by atoms with van der Waals surface area (Å²) in [5.74, 6) is -1.72. The van der Waals surface area contributed by atoms with Gasteiger partial charge in [-0.05, 0) is 37.6 Å². The third-order valence-corrected chi connectivity index (χ3v) is 3.45. The van der Waals surface area contributed by atoms with Crippen molar-refractivity contribution in [1.82, 2.24) is 0 Å². The van der Waals surface area contributed by atoms with Crippen molar-refractivity contribution >= 4 is 21.9 Å². The molecular formula is C17H13F3O2. The maximum atomic E-state index is 14.4. The Balaban J connectivity index is 2.13. The van der Waals surface area contributed by atoms with Crippen LogP contribution in [0.25, 0.3) is 21.9 Å². The maximum absolute atomic E-state index is 14.4. The third kappa shape index (κ3) is 2.32. The Morgan fingerprint density at radius 3 is 2.41 bits per heavy atom. The molecule has 0 aliphatic carbocycles. The molecule has 1 aromatic heterocycles. The summed E-state index contributed by atoms with van der Waals surface area (Å²) >= 11 is 0. The lowest BCUT2D eigenvalue weighted by molar-refractivity contribution is 0.338. The monoisotopic (exact) mass is 306 g/mol. The van der Waals surface area contributed by atoms with Gasteiger partial charge < -0.3 is 9.15 Å². The fourth-order valence-corrected chi connectivity index (χ4v) is 2.28. The molecule has 114 valence electrons. The summed E-state index contributed by atoms with van der Waals surface area (Å²) in [4.78, 5) is 0. The van der Waals surface area contributed by atoms with Gasteiger partial charge in [0, 0.05) is 10.8 Å². The van der Waals surface area contributed by atoms with Gasteiger partial charge in [0.15, 0.2) is 22.7 Å². The maximum Gasteiger partial charge on any atom is 0.208 e. The van der Waals surface area contributed by atoms with Gasteiger partial charge in [-0.15, -0.1) is 0 Å². The first-order chi connectivity index (χ1) is 10.5. The first kappa shape index (κ1) is 14.5. The van der Waals surface area contributed by atoms with Crippen molar-refractivity contribution in [3.63, 3.8) is 0 Å². The third-order valence-electron chi connectivity index (χ3n) is 3.45. The van der Waals surface area contributed by atoms with E-state index in [-0.39, 0.29) is 23.5 Å². The minimum Gasteiger partial charge on any atom is -0.486 e. The van der Waals surface area contributed by atoms with Crippen LogP contribution in [0.2, 0.25) is 0 Å². The number of furan rings is 1. The van der Waals surface area contributed by atoms with Gasteiger partial charge in [0.05, 0.1) is 5.83 Å². The standard InChI is InChI=1S/C17H13F3O2/c1-9-3-4-11-12-5-6-13(21-8-7-10(2)18)15(20)17(12)22-16(11)14(9)19/h3-7H,8H2,1-2H3/b10-7-. The van der Waals surface area contributed by atoms with Crippen molar-refractivity contribution in [2.24, 2.45) is 0 Å². The molecule has 0 radical (unpaired) electrons. The van der Waals surface area contributed by atoms with Crippen LogP contribution in [0.5, 0.6) is 5.75 Å². The van der Waals surface area contributed by atoms with Crippen molar-refractivity contribution in [3.05, 3.63) is 53.4 Å². The van der Waals surface area contributed by atoms with Gasteiger partial charge in [-0.1, -0.05) is 12.1 Å². The first-order valence-corrected chi connectivity index (χ1v) is 6.74. The summed E-state index contributed by atoms with van der Waals surface area (Å²) in [5.41, 5.74) is 0.371. The second-order valence-electron chi connectivity index (χ2n) is 5.03. The van der Waals surface area contributed by atoms with Crippen LogP contribution < -0.4 is 4.74 Å². The van der Waals surface area contributed by atoms with E-state index < -0.39 is 17.5 Å². The number of fused-ring (bicyclic) bond motifs is 3. The molecule has 0 unspecified atom stereocenters. The van der Waals surface area contributed by atoms with E-state index in [1.54, 1.807) is 25.1 Å². The van der Waals surface area contributed by atoms with Crippen molar-refractivity contribution in [3.8, 4) is 5.75 Å². The second kappa shape index (κ2) is 5.40. The number of hydrogen-bond acceptors (Lipinski definition) is 2. The minimum absolute atomic E-state index is 0.0190. The topological polar surface area (TPSA) is 22.4 Å². The number of ether oxygens (including phenoxy) is 1. The molecule has 0 saturated heterocycles. The highest BCUT2D eigenvalue weighted by Gasteiger charge is 2.18. The first-order valence-electron chi connectivity index (χ1n) is 6.74. The average molecular weight is 306 g/mol. The normalized spacial score (nSPS) is 12.3. The molecule has 0 aliphatic rings. The zero-order valence-corrected chi connectivity index (χ0v) is 12.0. The highest BCUT2D eigenvalue weighted by atomic mass is 19.1. The number of halogens is 3. The van der Waals surface area contributed by atoms with Gasteiger partial charge in [-0.3, -0.25) is 0 Å². The Morgan fingerprint density at radius 2 is 1.73 bits per heavy atom. The summed E-state index contributed by atoms with van der Waals surface area (Å²) in [6, 6.07) is 6.32. The van der Waals surface area contributed by atoms with E-state index in [1.807, 2.05) is 0 Å². The summed E-state index contributed by atoms with van der Waals surface area (Å²) < 4.78 is 51.6. The molecule has 5 heteroatoms. The SMILES string of the molecule is C/C(F)=C/COc1ccc2c(oc3c(F)c(C)ccc32)c1F. The van der Waals surface area contributed by atoms with E-state index in [2.05, 4.69) is 0 Å². The van der Waals surface area contributed by atoms with Gasteiger partial charge in [0.2, 0.25) is 5.82 Å². The largest absolute Gasteiger partial charge is 0.486 e. The number of benzene rings is 2. The van der Waals surface area contributed by atoms with Crippen LogP contribution in [0.1, 0.15) is 12.5 Å². The van der Waals surface area contributed by atoms with Crippen LogP contribution >= 0.6 is 0 Å². The van der Waals surface area contributed by atoms with E-state index in [0.29, 0.717) is 16.3 Å². The predicted molar refractivity (Wildman–Crippen MR) is 78.7 cm³/mol. The molecule has 0 amide bonds. The molecule has 3 rings (SSSR count). The summed E-state index contributed by atoms with van der Waals surface area (Å²) in [6.45, 7) is 2.78. The summed E-state index contributed by atoms with van der Waals surface area (Å²) in [7, 11) is 0. The Morgan fingerprint density at radius 1 is 1.09 bits per heavy atom. The van der Waals surface area contributed by atoms with Crippen LogP contribution in [-0.4, -0.2) is 6.61 Å². The highest BCUT2D eigenvalue weighted by Crippen LogP contribution is 2.36. The van der Waals surface area contributed by atoms with Crippen molar-refractivity contribution in [2.45, 2.75) is 13.8 Å². The van der Waals surface area contributed by atoms with Gasteiger partial charge in [0.25, 0.3) is 0 Å².